The second-order valence-electron chi connectivity index (χ2n) is 5.06. The smallest absolute Gasteiger partial charge is 0.126 e. The van der Waals surface area contributed by atoms with E-state index < -0.39 is 0 Å². The number of nitrogens with one attached hydrogen (secondary N) is 1. The Hall–Kier alpha value is -0.930. The first-order chi connectivity index (χ1) is 8.34. The second-order valence-corrected chi connectivity index (χ2v) is 5.06. The number of hydrogen-bond acceptors (Lipinski definition) is 2. The van der Waals surface area contributed by atoms with E-state index in [1.165, 1.54) is 5.56 Å². The quantitative estimate of drug-likeness (QED) is 0.794. The third-order valence-corrected chi connectivity index (χ3v) is 4.07. The first kappa shape index (κ1) is 11.2. The molecule has 0 radical (unpaired) electrons. The van der Waals surface area contributed by atoms with Gasteiger partial charge in [0.2, 0.25) is 0 Å². The van der Waals surface area contributed by atoms with Crippen LogP contribution in [0.5, 0.6) is 0 Å². The van der Waals surface area contributed by atoms with E-state index in [9.17, 15) is 4.39 Å². The van der Waals surface area contributed by atoms with E-state index in [0.717, 1.165) is 51.0 Å². The van der Waals surface area contributed by atoms with Gasteiger partial charge < -0.3 is 5.32 Å². The predicted octanol–water partition coefficient (Wildman–Crippen LogP) is 1.59. The lowest BCUT2D eigenvalue weighted by molar-refractivity contribution is 0.158. The third kappa shape index (κ3) is 2.22. The van der Waals surface area contributed by atoms with Gasteiger partial charge in [-0.1, -0.05) is 12.1 Å². The van der Waals surface area contributed by atoms with Gasteiger partial charge in [0.1, 0.15) is 5.82 Å². The topological polar surface area (TPSA) is 15.3 Å². The van der Waals surface area contributed by atoms with E-state index in [-0.39, 0.29) is 5.82 Å². The molecule has 0 spiro atoms. The number of nitrogens with zero attached hydrogens (tertiary/aromatic N) is 1. The van der Waals surface area contributed by atoms with Crippen molar-refractivity contribution in [3.8, 4) is 0 Å². The van der Waals surface area contributed by atoms with Gasteiger partial charge in [-0.2, -0.15) is 0 Å². The molecule has 17 heavy (non-hydrogen) atoms. The maximum Gasteiger partial charge on any atom is 0.126 e. The Morgan fingerprint density at radius 3 is 2.88 bits per heavy atom. The van der Waals surface area contributed by atoms with Gasteiger partial charge in [-0.3, -0.25) is 4.90 Å². The molecule has 1 N–H and O–H groups in total. The van der Waals surface area contributed by atoms with Crippen LogP contribution in [0.1, 0.15) is 17.5 Å². The number of rotatable bonds is 1. The summed E-state index contributed by atoms with van der Waals surface area (Å²) >= 11 is 0. The van der Waals surface area contributed by atoms with E-state index in [2.05, 4.69) is 16.3 Å². The maximum atomic E-state index is 13.6. The molecule has 1 aliphatic heterocycles. The Morgan fingerprint density at radius 2 is 2.06 bits per heavy atom. The molecule has 1 aromatic carbocycles. The lowest BCUT2D eigenvalue weighted by Crippen LogP contribution is -2.50. The van der Waals surface area contributed by atoms with Crippen molar-refractivity contribution in [3.63, 3.8) is 0 Å². The minimum absolute atomic E-state index is 0.0127. The van der Waals surface area contributed by atoms with Crippen LogP contribution in [0.3, 0.4) is 0 Å². The van der Waals surface area contributed by atoms with Crippen molar-refractivity contribution >= 4 is 0 Å². The summed E-state index contributed by atoms with van der Waals surface area (Å²) in [4.78, 5) is 2.56. The van der Waals surface area contributed by atoms with Gasteiger partial charge >= 0.3 is 0 Å². The van der Waals surface area contributed by atoms with Gasteiger partial charge in [0.15, 0.2) is 0 Å². The minimum Gasteiger partial charge on any atom is -0.314 e. The summed E-state index contributed by atoms with van der Waals surface area (Å²) in [6, 6.07) is 6.14. The summed E-state index contributed by atoms with van der Waals surface area (Å²) in [5.41, 5.74) is 2.18. The number of hydrogen-bond donors (Lipinski definition) is 1. The summed E-state index contributed by atoms with van der Waals surface area (Å²) in [6.45, 7) is 4.45. The Morgan fingerprint density at radius 1 is 1.24 bits per heavy atom. The number of fused-ring (bicyclic) bond motifs is 1. The fraction of sp³-hybridized carbons (Fsp3) is 0.571. The van der Waals surface area contributed by atoms with E-state index in [1.807, 2.05) is 6.07 Å². The van der Waals surface area contributed by atoms with Gasteiger partial charge in [0.05, 0.1) is 0 Å². The largest absolute Gasteiger partial charge is 0.314 e. The molecule has 1 aromatic rings. The molecule has 0 saturated carbocycles. The molecular weight excluding hydrogens is 215 g/mol. The molecule has 0 aromatic heterocycles. The van der Waals surface area contributed by atoms with Crippen molar-refractivity contribution in [1.82, 2.24) is 10.2 Å². The molecule has 0 amide bonds. The summed E-state index contributed by atoms with van der Waals surface area (Å²) in [5, 5.41) is 3.38. The van der Waals surface area contributed by atoms with E-state index in [1.54, 1.807) is 6.07 Å². The fourth-order valence-corrected chi connectivity index (χ4v) is 3.10. The Bertz CT molecular complexity index is 399. The first-order valence-electron chi connectivity index (χ1n) is 6.55. The fourth-order valence-electron chi connectivity index (χ4n) is 3.10. The molecule has 1 aliphatic carbocycles. The van der Waals surface area contributed by atoms with E-state index >= 15 is 0 Å². The van der Waals surface area contributed by atoms with Gasteiger partial charge in [0, 0.05) is 32.2 Å². The molecular formula is C14H19FN2. The highest BCUT2D eigenvalue weighted by Gasteiger charge is 2.26. The highest BCUT2D eigenvalue weighted by molar-refractivity contribution is 5.31. The standard InChI is InChI=1S/C14H19FN2/c15-14-3-1-2-11-10-12(4-5-13(11)14)17-8-6-16-7-9-17/h1-3,12,16H,4-10H2. The second kappa shape index (κ2) is 4.75. The minimum atomic E-state index is -0.0127. The van der Waals surface area contributed by atoms with Crippen LogP contribution in [0.2, 0.25) is 0 Å². The monoisotopic (exact) mass is 234 g/mol. The van der Waals surface area contributed by atoms with Crippen LogP contribution in [0, 0.1) is 5.82 Å². The van der Waals surface area contributed by atoms with Crippen molar-refractivity contribution in [1.29, 1.82) is 0 Å². The molecule has 1 saturated heterocycles. The van der Waals surface area contributed by atoms with Crippen molar-refractivity contribution in [3.05, 3.63) is 35.1 Å². The first-order valence-corrected chi connectivity index (χ1v) is 6.55. The maximum absolute atomic E-state index is 13.6. The summed E-state index contributed by atoms with van der Waals surface area (Å²) in [5.74, 6) is -0.0127. The number of benzene rings is 1. The van der Waals surface area contributed by atoms with Crippen molar-refractivity contribution in [2.45, 2.75) is 25.3 Å². The predicted molar refractivity (Wildman–Crippen MR) is 66.7 cm³/mol. The zero-order valence-electron chi connectivity index (χ0n) is 10.1. The molecule has 2 nitrogen and oxygen atoms in total. The Labute approximate surface area is 102 Å². The van der Waals surface area contributed by atoms with E-state index in [0.29, 0.717) is 6.04 Å². The average Bonchev–Trinajstić information content (AvgIpc) is 2.40. The van der Waals surface area contributed by atoms with Gasteiger partial charge in [0.25, 0.3) is 0 Å². The van der Waals surface area contributed by atoms with Crippen molar-refractivity contribution in [2.24, 2.45) is 0 Å². The third-order valence-electron chi connectivity index (χ3n) is 4.07. The van der Waals surface area contributed by atoms with Crippen molar-refractivity contribution < 1.29 is 4.39 Å². The Balaban J connectivity index is 1.76. The zero-order valence-corrected chi connectivity index (χ0v) is 10.1. The number of halogens is 1. The van der Waals surface area contributed by atoms with Gasteiger partial charge in [-0.25, -0.2) is 4.39 Å². The van der Waals surface area contributed by atoms with E-state index in [4.69, 9.17) is 0 Å². The van der Waals surface area contributed by atoms with Gasteiger partial charge in [-0.05, 0) is 36.5 Å². The molecule has 0 bridgehead atoms. The van der Waals surface area contributed by atoms with Crippen LogP contribution in [0.25, 0.3) is 0 Å². The summed E-state index contributed by atoms with van der Waals surface area (Å²) < 4.78 is 13.6. The molecule has 1 atom stereocenters. The Kier molecular flexibility index (Phi) is 3.12. The molecule has 3 rings (SSSR count). The molecule has 1 heterocycles. The normalized spacial score (nSPS) is 25.6. The average molecular weight is 234 g/mol. The highest BCUT2D eigenvalue weighted by Crippen LogP contribution is 2.26. The molecule has 92 valence electrons. The van der Waals surface area contributed by atoms with Crippen LogP contribution in [0.15, 0.2) is 18.2 Å². The summed E-state index contributed by atoms with van der Waals surface area (Å²) in [6.07, 6.45) is 3.03. The summed E-state index contributed by atoms with van der Waals surface area (Å²) in [7, 11) is 0. The lowest BCUT2D eigenvalue weighted by Gasteiger charge is -2.37. The lowest BCUT2D eigenvalue weighted by atomic mass is 9.87. The van der Waals surface area contributed by atoms with Crippen molar-refractivity contribution in [2.75, 3.05) is 26.2 Å². The van der Waals surface area contributed by atoms with Crippen LogP contribution in [0.4, 0.5) is 4.39 Å². The van der Waals surface area contributed by atoms with Crippen LogP contribution in [-0.4, -0.2) is 37.1 Å². The molecule has 1 fully saturated rings. The molecule has 1 unspecified atom stereocenters. The van der Waals surface area contributed by atoms with Crippen LogP contribution >= 0.6 is 0 Å². The highest BCUT2D eigenvalue weighted by atomic mass is 19.1. The van der Waals surface area contributed by atoms with Crippen LogP contribution < -0.4 is 5.32 Å². The SMILES string of the molecule is Fc1cccc2c1CCC(N1CCNCC1)C2. The molecule has 3 heteroatoms. The zero-order chi connectivity index (χ0) is 11.7. The van der Waals surface area contributed by atoms with Gasteiger partial charge in [-0.15, -0.1) is 0 Å². The molecule has 2 aliphatic rings. The van der Waals surface area contributed by atoms with Crippen LogP contribution in [-0.2, 0) is 12.8 Å². The number of piperazine rings is 1.